The summed E-state index contributed by atoms with van der Waals surface area (Å²) >= 11 is 0. The summed E-state index contributed by atoms with van der Waals surface area (Å²) < 4.78 is 20.4. The van der Waals surface area contributed by atoms with Gasteiger partial charge in [0.15, 0.2) is 17.1 Å². The Kier molecular flexibility index (Phi) is 2.97. The standard InChI is InChI=1S/C17H12FN3O2/c1-23-14-7-6-10(8-11(14)18)16-17(22)21-13-5-3-2-4-12(13)19-9-15(21)20-16/h2-9,16H,1H3/p+1. The summed E-state index contributed by atoms with van der Waals surface area (Å²) in [5.41, 5.74) is 1.99. The molecular formula is C17H13FN3O2+. The zero-order valence-corrected chi connectivity index (χ0v) is 12.3. The SMILES string of the molecule is COc1ccc(C2Nc3cnc4ccccc4[n+]3C2=O)cc1F. The summed E-state index contributed by atoms with van der Waals surface area (Å²) in [5, 5.41) is 3.10. The van der Waals surface area contributed by atoms with Gasteiger partial charge >= 0.3 is 11.7 Å². The largest absolute Gasteiger partial charge is 0.494 e. The molecule has 0 saturated heterocycles. The Morgan fingerprint density at radius 1 is 1.26 bits per heavy atom. The van der Waals surface area contributed by atoms with E-state index in [2.05, 4.69) is 10.3 Å². The number of hydrogen-bond donors (Lipinski definition) is 1. The van der Waals surface area contributed by atoms with Crippen molar-refractivity contribution in [1.29, 1.82) is 0 Å². The number of benzene rings is 2. The number of methoxy groups -OCH3 is 1. The van der Waals surface area contributed by atoms with Crippen molar-refractivity contribution in [2.45, 2.75) is 6.04 Å². The maximum Gasteiger partial charge on any atom is 0.364 e. The summed E-state index contributed by atoms with van der Waals surface area (Å²) in [6, 6.07) is 11.3. The number of nitrogens with zero attached hydrogens (tertiary/aromatic N) is 2. The smallest absolute Gasteiger partial charge is 0.364 e. The molecule has 1 unspecified atom stereocenters. The zero-order chi connectivity index (χ0) is 16.0. The lowest BCUT2D eigenvalue weighted by molar-refractivity contribution is -0.524. The lowest BCUT2D eigenvalue weighted by Gasteiger charge is -2.06. The first-order valence-corrected chi connectivity index (χ1v) is 7.13. The second-order valence-corrected chi connectivity index (χ2v) is 5.28. The van der Waals surface area contributed by atoms with Crippen LogP contribution in [0.15, 0.2) is 48.7 Å². The summed E-state index contributed by atoms with van der Waals surface area (Å²) in [7, 11) is 1.40. The summed E-state index contributed by atoms with van der Waals surface area (Å²) in [4.78, 5) is 17.1. The van der Waals surface area contributed by atoms with Crippen molar-refractivity contribution in [3.8, 4) is 5.75 Å². The fraction of sp³-hybridized carbons (Fsp3) is 0.118. The minimum atomic E-state index is -0.650. The van der Waals surface area contributed by atoms with E-state index in [1.54, 1.807) is 16.8 Å². The Labute approximate surface area is 131 Å². The van der Waals surface area contributed by atoms with Crippen LogP contribution in [0.5, 0.6) is 5.75 Å². The van der Waals surface area contributed by atoms with E-state index in [4.69, 9.17) is 4.74 Å². The molecule has 6 heteroatoms. The Morgan fingerprint density at radius 2 is 2.09 bits per heavy atom. The Balaban J connectivity index is 1.81. The molecule has 3 aromatic rings. The fourth-order valence-corrected chi connectivity index (χ4v) is 2.85. The molecule has 0 aliphatic carbocycles. The lowest BCUT2D eigenvalue weighted by atomic mass is 10.1. The molecule has 0 fully saturated rings. The number of aromatic nitrogens is 2. The highest BCUT2D eigenvalue weighted by molar-refractivity contribution is 5.87. The third-order valence-corrected chi connectivity index (χ3v) is 3.96. The molecule has 0 saturated carbocycles. The van der Waals surface area contributed by atoms with Crippen LogP contribution in [0.2, 0.25) is 0 Å². The van der Waals surface area contributed by atoms with E-state index < -0.39 is 11.9 Å². The first-order chi connectivity index (χ1) is 11.2. The van der Waals surface area contributed by atoms with Crippen molar-refractivity contribution in [2.24, 2.45) is 0 Å². The van der Waals surface area contributed by atoms with Crippen molar-refractivity contribution in [3.63, 3.8) is 0 Å². The van der Waals surface area contributed by atoms with Crippen LogP contribution in [0.25, 0.3) is 11.0 Å². The third-order valence-electron chi connectivity index (χ3n) is 3.96. The highest BCUT2D eigenvalue weighted by atomic mass is 19.1. The number of carbonyl (C=O) groups excluding carboxylic acids is 1. The summed E-state index contributed by atoms with van der Waals surface area (Å²) in [5.74, 6) is 0.0816. The number of nitrogens with one attached hydrogen (secondary N) is 1. The number of ether oxygens (including phenoxy) is 1. The summed E-state index contributed by atoms with van der Waals surface area (Å²) in [6.45, 7) is 0. The topological polar surface area (TPSA) is 55.1 Å². The minimum Gasteiger partial charge on any atom is -0.494 e. The molecule has 0 radical (unpaired) electrons. The Hall–Kier alpha value is -3.02. The fourth-order valence-electron chi connectivity index (χ4n) is 2.85. The van der Waals surface area contributed by atoms with E-state index in [-0.39, 0.29) is 11.7 Å². The van der Waals surface area contributed by atoms with E-state index in [9.17, 15) is 9.18 Å². The molecule has 114 valence electrons. The molecule has 2 aromatic carbocycles. The third kappa shape index (κ3) is 2.03. The first-order valence-electron chi connectivity index (χ1n) is 7.13. The molecule has 1 N–H and O–H groups in total. The number of halogens is 1. The van der Waals surface area contributed by atoms with E-state index in [0.29, 0.717) is 11.4 Å². The summed E-state index contributed by atoms with van der Waals surface area (Å²) in [6.07, 6.45) is 1.61. The number of fused-ring (bicyclic) bond motifs is 3. The second-order valence-electron chi connectivity index (χ2n) is 5.28. The van der Waals surface area contributed by atoms with Gasteiger partial charge in [0, 0.05) is 5.56 Å². The van der Waals surface area contributed by atoms with Crippen molar-refractivity contribution < 1.29 is 18.5 Å². The monoisotopic (exact) mass is 310 g/mol. The van der Waals surface area contributed by atoms with E-state index in [1.165, 1.54) is 19.2 Å². The molecule has 0 amide bonds. The van der Waals surface area contributed by atoms with Crippen LogP contribution in [0.1, 0.15) is 16.4 Å². The number of hydrogen-bond acceptors (Lipinski definition) is 4. The van der Waals surface area contributed by atoms with Crippen molar-refractivity contribution >= 4 is 22.8 Å². The average molecular weight is 310 g/mol. The van der Waals surface area contributed by atoms with Gasteiger partial charge in [0.05, 0.1) is 7.11 Å². The van der Waals surface area contributed by atoms with Gasteiger partial charge in [-0.3, -0.25) is 5.32 Å². The van der Waals surface area contributed by atoms with Crippen LogP contribution in [0.3, 0.4) is 0 Å². The van der Waals surface area contributed by atoms with E-state index in [1.807, 2.05) is 24.3 Å². The van der Waals surface area contributed by atoms with E-state index >= 15 is 0 Å². The molecule has 1 aliphatic rings. The second kappa shape index (κ2) is 5.01. The van der Waals surface area contributed by atoms with Gasteiger partial charge in [0.2, 0.25) is 6.04 Å². The predicted molar refractivity (Wildman–Crippen MR) is 81.9 cm³/mol. The average Bonchev–Trinajstić information content (AvgIpc) is 2.92. The van der Waals surface area contributed by atoms with Crippen LogP contribution >= 0.6 is 0 Å². The Bertz CT molecular complexity index is 942. The van der Waals surface area contributed by atoms with Gasteiger partial charge < -0.3 is 4.74 Å². The number of para-hydroxylation sites is 2. The van der Waals surface area contributed by atoms with Crippen LogP contribution in [-0.4, -0.2) is 18.0 Å². The maximum atomic E-state index is 13.9. The van der Waals surface area contributed by atoms with Crippen LogP contribution in [0.4, 0.5) is 10.2 Å². The van der Waals surface area contributed by atoms with Gasteiger partial charge in [0.1, 0.15) is 11.7 Å². The van der Waals surface area contributed by atoms with Gasteiger partial charge in [-0.15, -0.1) is 0 Å². The van der Waals surface area contributed by atoms with Gasteiger partial charge in [-0.25, -0.2) is 14.2 Å². The minimum absolute atomic E-state index is 0.150. The lowest BCUT2D eigenvalue weighted by Crippen LogP contribution is -2.41. The first kappa shape index (κ1) is 13.6. The highest BCUT2D eigenvalue weighted by Gasteiger charge is 2.41. The molecule has 0 bridgehead atoms. The van der Waals surface area contributed by atoms with Gasteiger partial charge in [-0.2, -0.15) is 4.57 Å². The molecule has 1 aromatic heterocycles. The highest BCUT2D eigenvalue weighted by Crippen LogP contribution is 2.28. The van der Waals surface area contributed by atoms with Crippen LogP contribution < -0.4 is 14.6 Å². The molecule has 5 nitrogen and oxygen atoms in total. The number of carbonyl (C=O) groups is 1. The normalized spacial score (nSPS) is 16.3. The molecule has 2 heterocycles. The maximum absolute atomic E-state index is 13.9. The molecule has 4 rings (SSSR count). The van der Waals surface area contributed by atoms with Gasteiger partial charge in [-0.05, 0) is 24.3 Å². The molecular weight excluding hydrogens is 297 g/mol. The predicted octanol–water partition coefficient (Wildman–Crippen LogP) is 2.48. The van der Waals surface area contributed by atoms with Crippen molar-refractivity contribution in [1.82, 2.24) is 4.98 Å². The van der Waals surface area contributed by atoms with Crippen LogP contribution in [0, 0.1) is 5.82 Å². The van der Waals surface area contributed by atoms with Crippen molar-refractivity contribution in [3.05, 3.63) is 60.0 Å². The molecule has 23 heavy (non-hydrogen) atoms. The molecule has 1 atom stereocenters. The molecule has 0 spiro atoms. The molecule has 1 aliphatic heterocycles. The number of rotatable bonds is 2. The van der Waals surface area contributed by atoms with Gasteiger partial charge in [-0.1, -0.05) is 18.2 Å². The van der Waals surface area contributed by atoms with Gasteiger partial charge in [0.25, 0.3) is 0 Å². The Morgan fingerprint density at radius 3 is 2.87 bits per heavy atom. The van der Waals surface area contributed by atoms with Crippen molar-refractivity contribution in [2.75, 3.05) is 12.4 Å². The van der Waals surface area contributed by atoms with E-state index in [0.717, 1.165) is 11.0 Å². The quantitative estimate of drug-likeness (QED) is 0.739. The van der Waals surface area contributed by atoms with Crippen LogP contribution in [-0.2, 0) is 0 Å². The zero-order valence-electron chi connectivity index (χ0n) is 12.3. The number of anilines is 1.